The summed E-state index contributed by atoms with van der Waals surface area (Å²) in [5, 5.41) is 11.7. The Morgan fingerprint density at radius 2 is 2.22 bits per heavy atom. The van der Waals surface area contributed by atoms with Crippen LogP contribution in [-0.2, 0) is 6.61 Å². The van der Waals surface area contributed by atoms with E-state index in [9.17, 15) is 4.79 Å². The number of anilines is 1. The summed E-state index contributed by atoms with van der Waals surface area (Å²) < 4.78 is 5.23. The van der Waals surface area contributed by atoms with Gasteiger partial charge in [0.2, 0.25) is 5.76 Å². The molecule has 0 aliphatic heterocycles. The van der Waals surface area contributed by atoms with Crippen molar-refractivity contribution in [3.8, 4) is 0 Å². The first-order chi connectivity index (χ1) is 8.60. The van der Waals surface area contributed by atoms with Crippen molar-refractivity contribution < 1.29 is 14.3 Å². The summed E-state index contributed by atoms with van der Waals surface area (Å²) in [5.74, 6) is 0.326. The summed E-state index contributed by atoms with van der Waals surface area (Å²) in [7, 11) is 0. The van der Waals surface area contributed by atoms with E-state index in [1.165, 1.54) is 0 Å². The largest absolute Gasteiger partial charge is 0.436 e. The molecule has 2 N–H and O–H groups in total. The number of hydrogen-bond donors (Lipinski definition) is 2. The second-order valence-electron chi connectivity index (χ2n) is 3.96. The molecular formula is C13H14N2O3. The Morgan fingerprint density at radius 3 is 2.83 bits per heavy atom. The minimum Gasteiger partial charge on any atom is -0.436 e. The first-order valence-corrected chi connectivity index (χ1v) is 5.55. The van der Waals surface area contributed by atoms with Gasteiger partial charge in [-0.3, -0.25) is 4.79 Å². The van der Waals surface area contributed by atoms with E-state index < -0.39 is 0 Å². The van der Waals surface area contributed by atoms with Crippen LogP contribution in [0.3, 0.4) is 0 Å². The summed E-state index contributed by atoms with van der Waals surface area (Å²) in [5.41, 5.74) is 1.90. The highest BCUT2D eigenvalue weighted by molar-refractivity contribution is 6.02. The zero-order chi connectivity index (χ0) is 13.1. The Hall–Kier alpha value is -2.14. The minimum absolute atomic E-state index is 0.0653. The maximum atomic E-state index is 11.9. The SMILES string of the molecule is Cc1nc(C)c(C(=O)Nc2cccc(CO)c2)o1. The number of benzene rings is 1. The number of rotatable bonds is 3. The van der Waals surface area contributed by atoms with Gasteiger partial charge in [-0.2, -0.15) is 0 Å². The molecule has 0 unspecified atom stereocenters. The molecule has 0 radical (unpaired) electrons. The third-order valence-corrected chi connectivity index (χ3v) is 2.48. The molecule has 94 valence electrons. The molecule has 1 aromatic carbocycles. The van der Waals surface area contributed by atoms with Crippen LogP contribution in [0.5, 0.6) is 0 Å². The van der Waals surface area contributed by atoms with Crippen molar-refractivity contribution in [3.63, 3.8) is 0 Å². The van der Waals surface area contributed by atoms with Crippen LogP contribution in [0.1, 0.15) is 27.7 Å². The molecule has 1 amide bonds. The highest BCUT2D eigenvalue weighted by Crippen LogP contribution is 2.15. The number of hydrogen-bond acceptors (Lipinski definition) is 4. The zero-order valence-electron chi connectivity index (χ0n) is 10.2. The first-order valence-electron chi connectivity index (χ1n) is 5.55. The molecule has 1 heterocycles. The van der Waals surface area contributed by atoms with Crippen molar-refractivity contribution in [2.45, 2.75) is 20.5 Å². The van der Waals surface area contributed by atoms with Gasteiger partial charge in [0.15, 0.2) is 5.89 Å². The zero-order valence-corrected chi connectivity index (χ0v) is 10.2. The molecule has 0 atom stereocenters. The molecule has 2 rings (SSSR count). The molecular weight excluding hydrogens is 232 g/mol. The van der Waals surface area contributed by atoms with E-state index >= 15 is 0 Å². The number of carbonyl (C=O) groups is 1. The summed E-state index contributed by atoms with van der Waals surface area (Å²) in [4.78, 5) is 16.0. The van der Waals surface area contributed by atoms with E-state index in [2.05, 4.69) is 10.3 Å². The van der Waals surface area contributed by atoms with Crippen LogP contribution in [0.25, 0.3) is 0 Å². The number of amides is 1. The number of aromatic nitrogens is 1. The molecule has 5 heteroatoms. The Balaban J connectivity index is 2.18. The lowest BCUT2D eigenvalue weighted by Crippen LogP contribution is -2.12. The molecule has 5 nitrogen and oxygen atoms in total. The lowest BCUT2D eigenvalue weighted by atomic mass is 10.2. The summed E-state index contributed by atoms with van der Waals surface area (Å²) in [6.07, 6.45) is 0. The fraction of sp³-hybridized carbons (Fsp3) is 0.231. The monoisotopic (exact) mass is 246 g/mol. The van der Waals surface area contributed by atoms with Gasteiger partial charge < -0.3 is 14.8 Å². The van der Waals surface area contributed by atoms with Gasteiger partial charge in [-0.05, 0) is 24.6 Å². The average molecular weight is 246 g/mol. The molecule has 0 saturated carbocycles. The molecule has 1 aromatic heterocycles. The van der Waals surface area contributed by atoms with Crippen LogP contribution in [0, 0.1) is 13.8 Å². The van der Waals surface area contributed by atoms with Crippen LogP contribution >= 0.6 is 0 Å². The molecule has 0 spiro atoms. The van der Waals surface area contributed by atoms with Gasteiger partial charge in [0.1, 0.15) is 0 Å². The van der Waals surface area contributed by atoms with Crippen molar-refractivity contribution in [2.24, 2.45) is 0 Å². The van der Waals surface area contributed by atoms with Gasteiger partial charge in [-0.15, -0.1) is 0 Å². The number of oxazole rings is 1. The van der Waals surface area contributed by atoms with E-state index in [0.29, 0.717) is 17.3 Å². The van der Waals surface area contributed by atoms with Crippen molar-refractivity contribution in [2.75, 3.05) is 5.32 Å². The van der Waals surface area contributed by atoms with E-state index in [-0.39, 0.29) is 18.3 Å². The van der Waals surface area contributed by atoms with Crippen LogP contribution in [0.15, 0.2) is 28.7 Å². The van der Waals surface area contributed by atoms with Gasteiger partial charge in [0.05, 0.1) is 12.3 Å². The topological polar surface area (TPSA) is 75.4 Å². The van der Waals surface area contributed by atoms with Crippen LogP contribution < -0.4 is 5.32 Å². The number of aryl methyl sites for hydroxylation is 2. The van der Waals surface area contributed by atoms with Gasteiger partial charge >= 0.3 is 0 Å². The van der Waals surface area contributed by atoms with Gasteiger partial charge in [-0.25, -0.2) is 4.98 Å². The molecule has 0 aliphatic rings. The number of aliphatic hydroxyl groups excluding tert-OH is 1. The quantitative estimate of drug-likeness (QED) is 0.869. The van der Waals surface area contributed by atoms with Crippen molar-refractivity contribution in [3.05, 3.63) is 47.2 Å². The minimum atomic E-state index is -0.344. The second-order valence-corrected chi connectivity index (χ2v) is 3.96. The summed E-state index contributed by atoms with van der Waals surface area (Å²) in [6, 6.07) is 6.99. The normalized spacial score (nSPS) is 10.4. The van der Waals surface area contributed by atoms with E-state index in [1.54, 1.807) is 38.1 Å². The van der Waals surface area contributed by atoms with Gasteiger partial charge in [0, 0.05) is 12.6 Å². The van der Waals surface area contributed by atoms with Crippen molar-refractivity contribution in [1.29, 1.82) is 0 Å². The van der Waals surface area contributed by atoms with Crippen LogP contribution in [0.4, 0.5) is 5.69 Å². The highest BCUT2D eigenvalue weighted by atomic mass is 16.4. The fourth-order valence-corrected chi connectivity index (χ4v) is 1.68. The average Bonchev–Trinajstić information content (AvgIpc) is 2.69. The standard InChI is InChI=1S/C13H14N2O3/c1-8-12(18-9(2)14-8)13(17)15-11-5-3-4-10(6-11)7-16/h3-6,16H,7H2,1-2H3,(H,15,17). The smallest absolute Gasteiger partial charge is 0.293 e. The summed E-state index contributed by atoms with van der Waals surface area (Å²) in [6.45, 7) is 3.34. The lowest BCUT2D eigenvalue weighted by molar-refractivity contribution is 0.0994. The molecule has 0 fully saturated rings. The predicted molar refractivity (Wildman–Crippen MR) is 66.3 cm³/mol. The van der Waals surface area contributed by atoms with Crippen LogP contribution in [-0.4, -0.2) is 16.0 Å². The molecule has 2 aromatic rings. The fourth-order valence-electron chi connectivity index (χ4n) is 1.68. The summed E-state index contributed by atoms with van der Waals surface area (Å²) >= 11 is 0. The number of nitrogens with one attached hydrogen (secondary N) is 1. The van der Waals surface area contributed by atoms with Crippen molar-refractivity contribution in [1.82, 2.24) is 4.98 Å². The lowest BCUT2D eigenvalue weighted by Gasteiger charge is -2.04. The van der Waals surface area contributed by atoms with Gasteiger partial charge in [-0.1, -0.05) is 12.1 Å². The molecule has 0 bridgehead atoms. The molecule has 0 saturated heterocycles. The Bertz CT molecular complexity index is 575. The first kappa shape index (κ1) is 12.3. The van der Waals surface area contributed by atoms with E-state index in [1.807, 2.05) is 0 Å². The van der Waals surface area contributed by atoms with E-state index in [0.717, 1.165) is 5.56 Å². The Morgan fingerprint density at radius 1 is 1.44 bits per heavy atom. The predicted octanol–water partition coefficient (Wildman–Crippen LogP) is 2.04. The van der Waals surface area contributed by atoms with E-state index in [4.69, 9.17) is 9.52 Å². The molecule has 0 aliphatic carbocycles. The van der Waals surface area contributed by atoms with Gasteiger partial charge in [0.25, 0.3) is 5.91 Å². The number of aliphatic hydroxyl groups is 1. The third-order valence-electron chi connectivity index (χ3n) is 2.48. The highest BCUT2D eigenvalue weighted by Gasteiger charge is 2.15. The van der Waals surface area contributed by atoms with Crippen molar-refractivity contribution >= 4 is 11.6 Å². The maximum absolute atomic E-state index is 11.9. The third kappa shape index (κ3) is 2.57. The number of nitrogens with zero attached hydrogens (tertiary/aromatic N) is 1. The second kappa shape index (κ2) is 5.01. The Kier molecular flexibility index (Phi) is 3.43. The Labute approximate surface area is 104 Å². The van der Waals surface area contributed by atoms with Crippen LogP contribution in [0.2, 0.25) is 0 Å². The molecule has 18 heavy (non-hydrogen) atoms. The number of carbonyl (C=O) groups excluding carboxylic acids is 1. The maximum Gasteiger partial charge on any atom is 0.293 e.